The molecule has 0 saturated carbocycles. The Morgan fingerprint density at radius 3 is 2.63 bits per heavy atom. The summed E-state index contributed by atoms with van der Waals surface area (Å²) in [5.41, 5.74) is 4.64. The van der Waals surface area contributed by atoms with Crippen LogP contribution in [0.3, 0.4) is 0 Å². The summed E-state index contributed by atoms with van der Waals surface area (Å²) in [6, 6.07) is 15.3. The molecule has 0 spiro atoms. The summed E-state index contributed by atoms with van der Waals surface area (Å²) in [5.74, 6) is 0.556. The van der Waals surface area contributed by atoms with E-state index in [0.717, 1.165) is 22.3 Å². The van der Waals surface area contributed by atoms with Crippen LogP contribution in [0.4, 0.5) is 0 Å². The number of hydrogen-bond acceptors (Lipinski definition) is 4. The third kappa shape index (κ3) is 3.79. The Kier molecular flexibility index (Phi) is 4.53. The maximum atomic E-state index is 12.4. The normalized spacial score (nSPS) is 10.7. The molecule has 0 aliphatic heterocycles. The Balaban J connectivity index is 1.42. The molecular formula is C21H18N4O2. The van der Waals surface area contributed by atoms with Crippen LogP contribution in [0, 0.1) is 0 Å². The van der Waals surface area contributed by atoms with Crippen LogP contribution in [0.15, 0.2) is 77.9 Å². The van der Waals surface area contributed by atoms with E-state index in [1.165, 1.54) is 6.39 Å². The fraction of sp³-hybridized carbons (Fsp3) is 0.0952. The summed E-state index contributed by atoms with van der Waals surface area (Å²) in [5, 5.41) is 7.16. The summed E-state index contributed by atoms with van der Waals surface area (Å²) in [4.78, 5) is 16.3. The number of rotatable bonds is 5. The van der Waals surface area contributed by atoms with E-state index in [1.807, 2.05) is 49.8 Å². The van der Waals surface area contributed by atoms with Gasteiger partial charge in [0.1, 0.15) is 0 Å². The van der Waals surface area contributed by atoms with Crippen molar-refractivity contribution in [2.75, 3.05) is 0 Å². The molecule has 2 aromatic carbocycles. The minimum atomic E-state index is -0.120. The summed E-state index contributed by atoms with van der Waals surface area (Å²) in [6.45, 7) is 0.455. The van der Waals surface area contributed by atoms with Crippen molar-refractivity contribution in [1.82, 2.24) is 20.1 Å². The number of nitrogens with one attached hydrogen (secondary N) is 1. The predicted octanol–water partition coefficient (Wildman–Crippen LogP) is 3.67. The molecule has 1 N–H and O–H groups in total. The fourth-order valence-corrected chi connectivity index (χ4v) is 2.86. The monoisotopic (exact) mass is 358 g/mol. The zero-order valence-electron chi connectivity index (χ0n) is 14.8. The van der Waals surface area contributed by atoms with E-state index >= 15 is 0 Å². The van der Waals surface area contributed by atoms with Gasteiger partial charge in [0.15, 0.2) is 12.2 Å². The third-order valence-corrected chi connectivity index (χ3v) is 4.28. The molecule has 0 saturated heterocycles. The average molecular weight is 358 g/mol. The van der Waals surface area contributed by atoms with Crippen molar-refractivity contribution in [3.63, 3.8) is 0 Å². The van der Waals surface area contributed by atoms with Gasteiger partial charge < -0.3 is 9.73 Å². The second kappa shape index (κ2) is 7.29. The molecule has 0 radical (unpaired) electrons. The summed E-state index contributed by atoms with van der Waals surface area (Å²) >= 11 is 0. The predicted molar refractivity (Wildman–Crippen MR) is 102 cm³/mol. The average Bonchev–Trinajstić information content (AvgIpc) is 3.38. The number of carbonyl (C=O) groups is 1. The Morgan fingerprint density at radius 2 is 1.93 bits per heavy atom. The highest BCUT2D eigenvalue weighted by atomic mass is 16.3. The first-order valence-corrected chi connectivity index (χ1v) is 8.54. The van der Waals surface area contributed by atoms with E-state index in [4.69, 9.17) is 4.42 Å². The lowest BCUT2D eigenvalue weighted by Gasteiger charge is -2.07. The van der Waals surface area contributed by atoms with Crippen molar-refractivity contribution in [3.8, 4) is 22.5 Å². The van der Waals surface area contributed by atoms with Gasteiger partial charge in [-0.3, -0.25) is 9.48 Å². The Morgan fingerprint density at radius 1 is 1.07 bits per heavy atom. The molecule has 0 bridgehead atoms. The van der Waals surface area contributed by atoms with Crippen LogP contribution >= 0.6 is 0 Å². The van der Waals surface area contributed by atoms with Crippen LogP contribution in [0.25, 0.3) is 22.5 Å². The molecule has 0 aliphatic rings. The van der Waals surface area contributed by atoms with Crippen molar-refractivity contribution >= 4 is 5.91 Å². The summed E-state index contributed by atoms with van der Waals surface area (Å²) in [6.07, 6.45) is 6.82. The molecule has 2 heterocycles. The highest BCUT2D eigenvalue weighted by Crippen LogP contribution is 2.20. The quantitative estimate of drug-likeness (QED) is 0.591. The molecule has 4 aromatic rings. The van der Waals surface area contributed by atoms with Crippen molar-refractivity contribution in [2.45, 2.75) is 6.54 Å². The molecule has 0 atom stereocenters. The number of aryl methyl sites for hydroxylation is 1. The van der Waals surface area contributed by atoms with Crippen molar-refractivity contribution in [2.24, 2.45) is 7.05 Å². The van der Waals surface area contributed by atoms with Crippen LogP contribution in [0.2, 0.25) is 0 Å². The Bertz CT molecular complexity index is 1050. The van der Waals surface area contributed by atoms with Gasteiger partial charge in [0, 0.05) is 36.5 Å². The molecule has 0 unspecified atom stereocenters. The molecule has 2 aromatic heterocycles. The van der Waals surface area contributed by atoms with E-state index in [9.17, 15) is 4.79 Å². The lowest BCUT2D eigenvalue weighted by atomic mass is 10.1. The van der Waals surface area contributed by atoms with E-state index < -0.39 is 0 Å². The standard InChI is InChI=1S/C21H18N4O2/c1-25-13-19(11-24-25)18-4-2-3-15(9-18)10-23-21(26)17-7-5-16(6-8-17)20-12-22-14-27-20/h2-9,11-14H,10H2,1H3,(H,23,26). The van der Waals surface area contributed by atoms with Crippen molar-refractivity contribution < 1.29 is 9.21 Å². The molecule has 27 heavy (non-hydrogen) atoms. The first-order valence-electron chi connectivity index (χ1n) is 8.54. The van der Waals surface area contributed by atoms with Gasteiger partial charge >= 0.3 is 0 Å². The lowest BCUT2D eigenvalue weighted by Crippen LogP contribution is -2.22. The van der Waals surface area contributed by atoms with Crippen LogP contribution in [0.5, 0.6) is 0 Å². The number of amides is 1. The molecule has 6 nitrogen and oxygen atoms in total. The Labute approximate surface area is 156 Å². The molecule has 0 aliphatic carbocycles. The van der Waals surface area contributed by atoms with Gasteiger partial charge in [0.05, 0.1) is 12.4 Å². The second-order valence-corrected chi connectivity index (χ2v) is 6.23. The van der Waals surface area contributed by atoms with E-state index in [1.54, 1.807) is 23.0 Å². The first-order chi connectivity index (χ1) is 13.2. The van der Waals surface area contributed by atoms with Crippen LogP contribution in [-0.4, -0.2) is 20.7 Å². The maximum absolute atomic E-state index is 12.4. The number of nitrogens with zero attached hydrogens (tertiary/aromatic N) is 3. The van der Waals surface area contributed by atoms with E-state index in [2.05, 4.69) is 21.5 Å². The van der Waals surface area contributed by atoms with Gasteiger partial charge in [0.2, 0.25) is 0 Å². The maximum Gasteiger partial charge on any atom is 0.251 e. The van der Waals surface area contributed by atoms with Gasteiger partial charge in [0.25, 0.3) is 5.91 Å². The molecule has 4 rings (SSSR count). The number of carbonyl (C=O) groups excluding carboxylic acids is 1. The minimum absolute atomic E-state index is 0.120. The summed E-state index contributed by atoms with van der Waals surface area (Å²) in [7, 11) is 1.89. The van der Waals surface area contributed by atoms with E-state index in [-0.39, 0.29) is 5.91 Å². The third-order valence-electron chi connectivity index (χ3n) is 4.28. The van der Waals surface area contributed by atoms with Crippen molar-refractivity contribution in [3.05, 3.63) is 84.6 Å². The zero-order chi connectivity index (χ0) is 18.6. The highest BCUT2D eigenvalue weighted by Gasteiger charge is 2.08. The zero-order valence-corrected chi connectivity index (χ0v) is 14.8. The molecule has 134 valence electrons. The smallest absolute Gasteiger partial charge is 0.251 e. The fourth-order valence-electron chi connectivity index (χ4n) is 2.86. The largest absolute Gasteiger partial charge is 0.444 e. The second-order valence-electron chi connectivity index (χ2n) is 6.23. The molecule has 6 heteroatoms. The van der Waals surface area contributed by atoms with Crippen molar-refractivity contribution in [1.29, 1.82) is 0 Å². The van der Waals surface area contributed by atoms with Crippen LogP contribution < -0.4 is 5.32 Å². The summed E-state index contributed by atoms with van der Waals surface area (Å²) < 4.78 is 7.03. The minimum Gasteiger partial charge on any atom is -0.444 e. The van der Waals surface area contributed by atoms with Gasteiger partial charge in [-0.2, -0.15) is 5.10 Å². The van der Waals surface area contributed by atoms with Gasteiger partial charge in [-0.25, -0.2) is 4.98 Å². The molecular weight excluding hydrogens is 340 g/mol. The van der Waals surface area contributed by atoms with Crippen LogP contribution in [0.1, 0.15) is 15.9 Å². The lowest BCUT2D eigenvalue weighted by molar-refractivity contribution is 0.0951. The number of aromatic nitrogens is 3. The number of hydrogen-bond donors (Lipinski definition) is 1. The van der Waals surface area contributed by atoms with Crippen LogP contribution in [-0.2, 0) is 13.6 Å². The van der Waals surface area contributed by atoms with Gasteiger partial charge in [-0.05, 0) is 29.3 Å². The molecule has 0 fully saturated rings. The van der Waals surface area contributed by atoms with Gasteiger partial charge in [-0.1, -0.05) is 30.3 Å². The highest BCUT2D eigenvalue weighted by molar-refractivity contribution is 5.94. The van der Waals surface area contributed by atoms with Gasteiger partial charge in [-0.15, -0.1) is 0 Å². The SMILES string of the molecule is Cn1cc(-c2cccc(CNC(=O)c3ccc(-c4cnco4)cc3)c2)cn1. The molecule has 1 amide bonds. The Hall–Kier alpha value is -3.67. The number of benzene rings is 2. The van der Waals surface area contributed by atoms with E-state index in [0.29, 0.717) is 17.9 Å². The first kappa shape index (κ1) is 16.8. The number of oxazole rings is 1. The topological polar surface area (TPSA) is 73.0 Å².